The van der Waals surface area contributed by atoms with Crippen molar-refractivity contribution in [1.29, 1.82) is 0 Å². The molecule has 0 aliphatic carbocycles. The molecule has 5 heteroatoms. The van der Waals surface area contributed by atoms with Gasteiger partial charge in [0.2, 0.25) is 5.91 Å². The van der Waals surface area contributed by atoms with E-state index in [1.165, 1.54) is 0 Å². The molecule has 0 saturated heterocycles. The minimum atomic E-state index is -0.0640. The van der Waals surface area contributed by atoms with Gasteiger partial charge in [-0.25, -0.2) is 0 Å². The number of rotatable bonds is 6. The van der Waals surface area contributed by atoms with E-state index in [1.807, 2.05) is 48.5 Å². The fraction of sp³-hybridized carbons (Fsp3) is 0.188. The van der Waals surface area contributed by atoms with E-state index in [2.05, 4.69) is 26.6 Å². The zero-order chi connectivity index (χ0) is 15.1. The first-order chi connectivity index (χ1) is 10.2. The van der Waals surface area contributed by atoms with Gasteiger partial charge in [0.25, 0.3) is 0 Å². The van der Waals surface area contributed by atoms with Crippen LogP contribution in [0.25, 0.3) is 0 Å². The van der Waals surface area contributed by atoms with Crippen molar-refractivity contribution in [3.05, 3.63) is 58.6 Å². The fourth-order valence-corrected chi connectivity index (χ4v) is 2.07. The molecule has 0 radical (unpaired) electrons. The van der Waals surface area contributed by atoms with Crippen LogP contribution in [-0.2, 0) is 11.3 Å². The van der Waals surface area contributed by atoms with Gasteiger partial charge in [0.1, 0.15) is 5.75 Å². The van der Waals surface area contributed by atoms with Crippen LogP contribution in [0.3, 0.4) is 0 Å². The van der Waals surface area contributed by atoms with Crippen LogP contribution in [0.15, 0.2) is 53.0 Å². The lowest BCUT2D eigenvalue weighted by Crippen LogP contribution is -2.27. The zero-order valence-electron chi connectivity index (χ0n) is 11.7. The van der Waals surface area contributed by atoms with Gasteiger partial charge in [-0.15, -0.1) is 0 Å². The summed E-state index contributed by atoms with van der Waals surface area (Å²) in [6, 6.07) is 15.2. The molecular weight excluding hydrogens is 332 g/mol. The molecule has 0 heterocycles. The standard InChI is InChI=1S/C16H17BrN2O2/c1-21-15-8-2-12(3-9-15)10-18-11-16(20)19-14-6-4-13(17)5-7-14/h2-9,18H,10-11H2,1H3,(H,19,20). The summed E-state index contributed by atoms with van der Waals surface area (Å²) in [5.74, 6) is 0.762. The second kappa shape index (κ2) is 7.81. The Morgan fingerprint density at radius 2 is 1.76 bits per heavy atom. The van der Waals surface area contributed by atoms with Crippen molar-refractivity contribution < 1.29 is 9.53 Å². The highest BCUT2D eigenvalue weighted by Gasteiger charge is 2.02. The number of carbonyl (C=O) groups is 1. The number of amides is 1. The van der Waals surface area contributed by atoms with Crippen LogP contribution in [0, 0.1) is 0 Å². The minimum Gasteiger partial charge on any atom is -0.497 e. The largest absolute Gasteiger partial charge is 0.497 e. The number of methoxy groups -OCH3 is 1. The number of halogens is 1. The van der Waals surface area contributed by atoms with Gasteiger partial charge in [-0.3, -0.25) is 4.79 Å². The lowest BCUT2D eigenvalue weighted by molar-refractivity contribution is -0.115. The molecule has 2 aromatic rings. The van der Waals surface area contributed by atoms with Crippen molar-refractivity contribution in [1.82, 2.24) is 5.32 Å². The van der Waals surface area contributed by atoms with Gasteiger partial charge >= 0.3 is 0 Å². The first kappa shape index (κ1) is 15.5. The van der Waals surface area contributed by atoms with Gasteiger partial charge in [0.05, 0.1) is 13.7 Å². The zero-order valence-corrected chi connectivity index (χ0v) is 13.3. The Labute approximate surface area is 132 Å². The van der Waals surface area contributed by atoms with Crippen LogP contribution >= 0.6 is 15.9 Å². The van der Waals surface area contributed by atoms with Crippen LogP contribution in [0.2, 0.25) is 0 Å². The number of anilines is 1. The molecule has 0 saturated carbocycles. The van der Waals surface area contributed by atoms with Gasteiger partial charge in [-0.1, -0.05) is 28.1 Å². The van der Waals surface area contributed by atoms with Gasteiger partial charge in [0, 0.05) is 16.7 Å². The predicted molar refractivity (Wildman–Crippen MR) is 87.5 cm³/mol. The number of benzene rings is 2. The van der Waals surface area contributed by atoms with Crippen LogP contribution in [0.1, 0.15) is 5.56 Å². The molecule has 2 N–H and O–H groups in total. The Morgan fingerprint density at radius 1 is 1.10 bits per heavy atom. The molecule has 0 spiro atoms. The van der Waals surface area contributed by atoms with Gasteiger partial charge in [0.15, 0.2) is 0 Å². The fourth-order valence-electron chi connectivity index (χ4n) is 1.80. The Bertz CT molecular complexity index is 582. The van der Waals surface area contributed by atoms with E-state index >= 15 is 0 Å². The van der Waals surface area contributed by atoms with Crippen molar-refractivity contribution in [2.24, 2.45) is 0 Å². The smallest absolute Gasteiger partial charge is 0.238 e. The van der Waals surface area contributed by atoms with Gasteiger partial charge in [-0.2, -0.15) is 0 Å². The summed E-state index contributed by atoms with van der Waals surface area (Å²) in [7, 11) is 1.64. The summed E-state index contributed by atoms with van der Waals surface area (Å²) >= 11 is 3.36. The Kier molecular flexibility index (Phi) is 5.78. The van der Waals surface area contributed by atoms with E-state index in [0.29, 0.717) is 6.54 Å². The van der Waals surface area contributed by atoms with E-state index in [1.54, 1.807) is 7.11 Å². The van der Waals surface area contributed by atoms with E-state index in [-0.39, 0.29) is 12.5 Å². The van der Waals surface area contributed by atoms with Crippen molar-refractivity contribution in [3.63, 3.8) is 0 Å². The molecule has 21 heavy (non-hydrogen) atoms. The molecule has 4 nitrogen and oxygen atoms in total. The minimum absolute atomic E-state index is 0.0640. The monoisotopic (exact) mass is 348 g/mol. The molecule has 0 aliphatic rings. The van der Waals surface area contributed by atoms with Crippen molar-refractivity contribution >= 4 is 27.5 Å². The molecule has 0 aromatic heterocycles. The van der Waals surface area contributed by atoms with E-state index in [9.17, 15) is 4.79 Å². The third-order valence-corrected chi connectivity index (χ3v) is 3.43. The molecule has 0 atom stereocenters. The highest BCUT2D eigenvalue weighted by molar-refractivity contribution is 9.10. The molecule has 0 bridgehead atoms. The molecular formula is C16H17BrN2O2. The van der Waals surface area contributed by atoms with Gasteiger partial charge in [-0.05, 0) is 42.0 Å². The van der Waals surface area contributed by atoms with E-state index in [4.69, 9.17) is 4.74 Å². The molecule has 110 valence electrons. The van der Waals surface area contributed by atoms with Gasteiger partial charge < -0.3 is 15.4 Å². The van der Waals surface area contributed by atoms with Crippen LogP contribution in [0.5, 0.6) is 5.75 Å². The highest BCUT2D eigenvalue weighted by Crippen LogP contribution is 2.14. The van der Waals surface area contributed by atoms with Crippen LogP contribution in [-0.4, -0.2) is 19.6 Å². The second-order valence-electron chi connectivity index (χ2n) is 4.51. The average molecular weight is 349 g/mol. The summed E-state index contributed by atoms with van der Waals surface area (Å²) in [6.07, 6.45) is 0. The normalized spacial score (nSPS) is 10.2. The third-order valence-electron chi connectivity index (χ3n) is 2.90. The summed E-state index contributed by atoms with van der Waals surface area (Å²) < 4.78 is 6.08. The number of hydrogen-bond donors (Lipinski definition) is 2. The quantitative estimate of drug-likeness (QED) is 0.842. The van der Waals surface area contributed by atoms with Crippen molar-refractivity contribution in [2.75, 3.05) is 19.0 Å². The summed E-state index contributed by atoms with van der Waals surface area (Å²) in [6.45, 7) is 0.903. The lowest BCUT2D eigenvalue weighted by Gasteiger charge is -2.07. The average Bonchev–Trinajstić information content (AvgIpc) is 2.50. The molecule has 0 unspecified atom stereocenters. The number of ether oxygens (including phenoxy) is 1. The first-order valence-corrected chi connectivity index (χ1v) is 7.36. The maximum absolute atomic E-state index is 11.8. The SMILES string of the molecule is COc1ccc(CNCC(=O)Nc2ccc(Br)cc2)cc1. The number of nitrogens with one attached hydrogen (secondary N) is 2. The molecule has 0 fully saturated rings. The summed E-state index contributed by atoms with van der Waals surface area (Å²) in [5.41, 5.74) is 1.89. The van der Waals surface area contributed by atoms with Crippen molar-refractivity contribution in [3.8, 4) is 5.75 Å². The highest BCUT2D eigenvalue weighted by atomic mass is 79.9. The summed E-state index contributed by atoms with van der Waals surface area (Å²) in [4.78, 5) is 11.8. The first-order valence-electron chi connectivity index (χ1n) is 6.56. The van der Waals surface area contributed by atoms with Crippen LogP contribution in [0.4, 0.5) is 5.69 Å². The number of carbonyl (C=O) groups excluding carboxylic acids is 1. The summed E-state index contributed by atoms with van der Waals surface area (Å²) in [5, 5.41) is 5.94. The number of hydrogen-bond acceptors (Lipinski definition) is 3. The van der Waals surface area contributed by atoms with Crippen LogP contribution < -0.4 is 15.4 Å². The molecule has 1 amide bonds. The Balaban J connectivity index is 1.74. The molecule has 2 aromatic carbocycles. The molecule has 0 aliphatic heterocycles. The topological polar surface area (TPSA) is 50.4 Å². The lowest BCUT2D eigenvalue weighted by atomic mass is 10.2. The third kappa shape index (κ3) is 5.21. The predicted octanol–water partition coefficient (Wildman–Crippen LogP) is 3.19. The Hall–Kier alpha value is -1.85. The van der Waals surface area contributed by atoms with Crippen molar-refractivity contribution in [2.45, 2.75) is 6.54 Å². The maximum atomic E-state index is 11.8. The Morgan fingerprint density at radius 3 is 2.38 bits per heavy atom. The molecule has 2 rings (SSSR count). The van der Waals surface area contributed by atoms with E-state index < -0.39 is 0 Å². The van der Waals surface area contributed by atoms with E-state index in [0.717, 1.165) is 21.5 Å². The second-order valence-corrected chi connectivity index (χ2v) is 5.42. The maximum Gasteiger partial charge on any atom is 0.238 e.